The zero-order valence-corrected chi connectivity index (χ0v) is 19.7. The van der Waals surface area contributed by atoms with E-state index in [0.717, 1.165) is 25.9 Å². The van der Waals surface area contributed by atoms with E-state index in [1.54, 1.807) is 0 Å². The number of carbonyl (C=O) groups is 1. The first-order chi connectivity index (χ1) is 12.2. The molecule has 0 atom stereocenters. The van der Waals surface area contributed by atoms with Gasteiger partial charge in [-0.2, -0.15) is 0 Å². The van der Waals surface area contributed by atoms with Crippen LogP contribution >= 0.6 is 0 Å². The molecule has 0 saturated carbocycles. The van der Waals surface area contributed by atoms with E-state index < -0.39 is 5.97 Å². The van der Waals surface area contributed by atoms with Crippen molar-refractivity contribution in [3.05, 3.63) is 24.3 Å². The monoisotopic (exact) mass is 373 g/mol. The molecule has 0 N–H and O–H groups in total. The summed E-state index contributed by atoms with van der Waals surface area (Å²) in [6, 6.07) is 0. The van der Waals surface area contributed by atoms with Gasteiger partial charge in [0.15, 0.2) is 0 Å². The van der Waals surface area contributed by atoms with Crippen LogP contribution in [0, 0.1) is 0 Å². The molecule has 0 aromatic heterocycles. The molecule has 0 spiro atoms. The number of rotatable bonds is 18. The van der Waals surface area contributed by atoms with Crippen molar-refractivity contribution in [1.82, 2.24) is 4.90 Å². The molecule has 0 saturated heterocycles. The number of hydrogen-bond donors (Lipinski definition) is 0. The molecule has 0 unspecified atom stereocenters. The Morgan fingerprint density at radius 1 is 0.731 bits per heavy atom. The van der Waals surface area contributed by atoms with E-state index in [1.807, 2.05) is 0 Å². The number of unbranched alkanes of at least 4 members (excludes halogenated alkanes) is 10. The fourth-order valence-electron chi connectivity index (χ4n) is 3.04. The average Bonchev–Trinajstić information content (AvgIpc) is 2.58. The maximum Gasteiger partial charge on any atom is 1.00 e. The molecule has 0 aromatic carbocycles. The second-order valence-corrected chi connectivity index (χ2v) is 6.90. The number of hydrogen-bond acceptors (Lipinski definition) is 3. The SMILES string of the molecule is C/C=C/CCCCCCCN(CCCCCCC/C=C/C)CC(=O)[O-].[Na+]. The molecule has 0 aromatic rings. The van der Waals surface area contributed by atoms with E-state index in [-0.39, 0.29) is 36.1 Å². The summed E-state index contributed by atoms with van der Waals surface area (Å²) in [7, 11) is 0. The van der Waals surface area contributed by atoms with E-state index in [1.165, 1.54) is 64.2 Å². The summed E-state index contributed by atoms with van der Waals surface area (Å²) >= 11 is 0. The molecule has 0 rings (SSSR count). The van der Waals surface area contributed by atoms with Crippen LogP contribution in [0.4, 0.5) is 0 Å². The van der Waals surface area contributed by atoms with Gasteiger partial charge in [0.1, 0.15) is 0 Å². The molecule has 0 aliphatic heterocycles. The van der Waals surface area contributed by atoms with E-state index in [9.17, 15) is 9.90 Å². The maximum absolute atomic E-state index is 10.9. The van der Waals surface area contributed by atoms with E-state index in [4.69, 9.17) is 0 Å². The van der Waals surface area contributed by atoms with Gasteiger partial charge in [0.25, 0.3) is 0 Å². The Hall–Kier alpha value is -0.0900. The smallest absolute Gasteiger partial charge is 0.549 e. The predicted molar refractivity (Wildman–Crippen MR) is 106 cm³/mol. The topological polar surface area (TPSA) is 43.4 Å². The Kier molecular flexibility index (Phi) is 24.8. The predicted octanol–water partition coefficient (Wildman–Crippen LogP) is 1.88. The number of carboxylic acid groups (broad SMARTS) is 1. The Balaban J connectivity index is 0. The number of carboxylic acids is 1. The van der Waals surface area contributed by atoms with Gasteiger partial charge in [0, 0.05) is 6.54 Å². The first-order valence-electron chi connectivity index (χ1n) is 10.3. The number of nitrogens with zero attached hydrogens (tertiary/aromatic N) is 1. The van der Waals surface area contributed by atoms with Crippen LogP contribution in [-0.2, 0) is 4.79 Å². The van der Waals surface area contributed by atoms with Crippen molar-refractivity contribution in [3.63, 3.8) is 0 Å². The fourth-order valence-corrected chi connectivity index (χ4v) is 3.04. The van der Waals surface area contributed by atoms with Gasteiger partial charge < -0.3 is 9.90 Å². The number of carbonyl (C=O) groups excluding carboxylic acids is 1. The normalized spacial score (nSPS) is 11.5. The molecular formula is C22H40NNaO2. The zero-order valence-electron chi connectivity index (χ0n) is 17.7. The van der Waals surface area contributed by atoms with Crippen LogP contribution in [-0.4, -0.2) is 30.5 Å². The average molecular weight is 374 g/mol. The molecular weight excluding hydrogens is 333 g/mol. The summed E-state index contributed by atoms with van der Waals surface area (Å²) in [6.07, 6.45) is 23.2. The summed E-state index contributed by atoms with van der Waals surface area (Å²) in [5.41, 5.74) is 0. The standard InChI is InChI=1S/C22H41NO2.Na/c1-3-5-7-9-11-13-15-17-19-23(21-22(24)25)20-18-16-14-12-10-8-6-4-2;/h3-6H,7-21H2,1-2H3,(H,24,25);/q;+1/p-1/b5-3+,6-4+;. The summed E-state index contributed by atoms with van der Waals surface area (Å²) in [4.78, 5) is 13.0. The van der Waals surface area contributed by atoms with Crippen LogP contribution in [0.2, 0.25) is 0 Å². The van der Waals surface area contributed by atoms with Crippen LogP contribution in [0.25, 0.3) is 0 Å². The largest absolute Gasteiger partial charge is 1.00 e. The Labute approximate surface area is 184 Å². The maximum atomic E-state index is 10.9. The molecule has 26 heavy (non-hydrogen) atoms. The van der Waals surface area contributed by atoms with E-state index >= 15 is 0 Å². The van der Waals surface area contributed by atoms with Crippen molar-refractivity contribution in [2.24, 2.45) is 0 Å². The third kappa shape index (κ3) is 22.0. The second kappa shape index (κ2) is 23.0. The van der Waals surface area contributed by atoms with Gasteiger partial charge in [-0.3, -0.25) is 4.90 Å². The van der Waals surface area contributed by atoms with E-state index in [2.05, 4.69) is 43.1 Å². The van der Waals surface area contributed by atoms with Crippen molar-refractivity contribution in [1.29, 1.82) is 0 Å². The molecule has 0 heterocycles. The molecule has 146 valence electrons. The first-order valence-corrected chi connectivity index (χ1v) is 10.3. The van der Waals surface area contributed by atoms with Crippen LogP contribution in [0.15, 0.2) is 24.3 Å². The Morgan fingerprint density at radius 3 is 1.50 bits per heavy atom. The van der Waals surface area contributed by atoms with Gasteiger partial charge in [-0.15, -0.1) is 0 Å². The quantitative estimate of drug-likeness (QED) is 0.209. The van der Waals surface area contributed by atoms with Crippen molar-refractivity contribution < 1.29 is 39.5 Å². The first kappa shape index (κ1) is 28.1. The molecule has 0 amide bonds. The minimum Gasteiger partial charge on any atom is -0.549 e. The molecule has 0 aliphatic carbocycles. The van der Waals surface area contributed by atoms with E-state index in [0.29, 0.717) is 0 Å². The molecule has 0 bridgehead atoms. The summed E-state index contributed by atoms with van der Waals surface area (Å²) in [5, 5.41) is 10.9. The second-order valence-electron chi connectivity index (χ2n) is 6.90. The van der Waals surface area contributed by atoms with Crippen LogP contribution in [0.1, 0.15) is 90.9 Å². The molecule has 3 nitrogen and oxygen atoms in total. The number of allylic oxidation sites excluding steroid dienone is 4. The minimum atomic E-state index is -0.947. The molecule has 0 aliphatic rings. The Morgan fingerprint density at radius 2 is 1.12 bits per heavy atom. The molecule has 0 radical (unpaired) electrons. The summed E-state index contributed by atoms with van der Waals surface area (Å²) < 4.78 is 0. The summed E-state index contributed by atoms with van der Waals surface area (Å²) in [5.74, 6) is -0.947. The Bertz CT molecular complexity index is 330. The van der Waals surface area contributed by atoms with Gasteiger partial charge in [0.05, 0.1) is 5.97 Å². The van der Waals surface area contributed by atoms with Gasteiger partial charge in [0.2, 0.25) is 0 Å². The van der Waals surface area contributed by atoms with Crippen molar-refractivity contribution in [3.8, 4) is 0 Å². The van der Waals surface area contributed by atoms with Crippen LogP contribution in [0.5, 0.6) is 0 Å². The van der Waals surface area contributed by atoms with Crippen molar-refractivity contribution >= 4 is 5.97 Å². The zero-order chi connectivity index (χ0) is 18.6. The third-order valence-electron chi connectivity index (χ3n) is 4.51. The van der Waals surface area contributed by atoms with Crippen LogP contribution < -0.4 is 34.7 Å². The van der Waals surface area contributed by atoms with Gasteiger partial charge in [-0.1, -0.05) is 62.8 Å². The van der Waals surface area contributed by atoms with Crippen molar-refractivity contribution in [2.75, 3.05) is 19.6 Å². The summed E-state index contributed by atoms with van der Waals surface area (Å²) in [6.45, 7) is 6.00. The van der Waals surface area contributed by atoms with Gasteiger partial charge in [-0.05, 0) is 65.5 Å². The van der Waals surface area contributed by atoms with Crippen LogP contribution in [0.3, 0.4) is 0 Å². The fraction of sp³-hybridized carbons (Fsp3) is 0.773. The van der Waals surface area contributed by atoms with Crippen molar-refractivity contribution in [2.45, 2.75) is 90.9 Å². The molecule has 4 heteroatoms. The molecule has 0 fully saturated rings. The van der Waals surface area contributed by atoms with Gasteiger partial charge in [-0.25, -0.2) is 0 Å². The number of aliphatic carboxylic acids is 1. The third-order valence-corrected chi connectivity index (χ3v) is 4.51. The van der Waals surface area contributed by atoms with Gasteiger partial charge >= 0.3 is 29.6 Å². The minimum absolute atomic E-state index is 0.